The van der Waals surface area contributed by atoms with E-state index in [2.05, 4.69) is 22.6 Å². The van der Waals surface area contributed by atoms with Gasteiger partial charge in [-0.15, -0.1) is 5.92 Å². The predicted octanol–water partition coefficient (Wildman–Crippen LogP) is 4.25. The van der Waals surface area contributed by atoms with Crippen LogP contribution in [0.4, 0.5) is 0 Å². The zero-order chi connectivity index (χ0) is 29.6. The molecule has 0 fully saturated rings. The highest BCUT2D eigenvalue weighted by Gasteiger charge is 2.28. The Labute approximate surface area is 239 Å². The monoisotopic (exact) mass is 571 g/mol. The van der Waals surface area contributed by atoms with Crippen molar-refractivity contribution < 1.29 is 27.8 Å². The fourth-order valence-electron chi connectivity index (χ4n) is 4.60. The number of methoxy groups -OCH3 is 1. The van der Waals surface area contributed by atoms with E-state index in [-0.39, 0.29) is 17.9 Å². The summed E-state index contributed by atoms with van der Waals surface area (Å²) in [5.74, 6) is 5.17. The molecule has 0 saturated heterocycles. The number of aromatic nitrogens is 1. The molecule has 4 rings (SSSR count). The van der Waals surface area contributed by atoms with E-state index in [0.717, 1.165) is 22.2 Å². The molecule has 4 aromatic rings. The summed E-state index contributed by atoms with van der Waals surface area (Å²) in [4.78, 5) is 12.2. The Hall–Kier alpha value is -4.77. The van der Waals surface area contributed by atoms with Gasteiger partial charge < -0.3 is 19.1 Å². The molecular formula is C31H29N3O6S. The van der Waals surface area contributed by atoms with Gasteiger partial charge in [-0.3, -0.25) is 4.79 Å². The van der Waals surface area contributed by atoms with Crippen LogP contribution in [0.3, 0.4) is 0 Å². The van der Waals surface area contributed by atoms with Crippen molar-refractivity contribution in [1.82, 2.24) is 9.29 Å². The zero-order valence-corrected chi connectivity index (χ0v) is 23.7. The van der Waals surface area contributed by atoms with E-state index in [1.54, 1.807) is 31.2 Å². The number of benzene rings is 3. The summed E-state index contributed by atoms with van der Waals surface area (Å²) >= 11 is 0. The largest absolute Gasteiger partial charge is 0.497 e. The van der Waals surface area contributed by atoms with Gasteiger partial charge in [0.2, 0.25) is 10.0 Å². The van der Waals surface area contributed by atoms with E-state index in [4.69, 9.17) is 9.47 Å². The van der Waals surface area contributed by atoms with Crippen molar-refractivity contribution in [2.75, 3.05) is 13.7 Å². The van der Waals surface area contributed by atoms with E-state index >= 15 is 0 Å². The van der Waals surface area contributed by atoms with Crippen molar-refractivity contribution in [3.8, 4) is 29.4 Å². The molecule has 10 heteroatoms. The molecule has 1 heterocycles. The van der Waals surface area contributed by atoms with Crippen LogP contribution in [0.5, 0.6) is 11.5 Å². The smallest absolute Gasteiger partial charge is 0.322 e. The van der Waals surface area contributed by atoms with Gasteiger partial charge in [-0.25, -0.2) is 8.42 Å². The standard InChI is InChI=1S/C31H29N3O6S/c1-4-5-16-40-24-10-13-26(14-11-24)41(37,38)33-29(31(35)36)18-27-21(2)34(20-23-9-7-6-8-22(23)19-32)30-15-12-25(39-3)17-28(27)30/h6-15,17,29,33H,16,18,20H2,1-3H3,(H,35,36). The quantitative estimate of drug-likeness (QED) is 0.257. The summed E-state index contributed by atoms with van der Waals surface area (Å²) < 4.78 is 41.6. The Bertz CT molecular complexity index is 1790. The third-order valence-corrected chi connectivity index (χ3v) is 8.24. The number of hydrogen-bond acceptors (Lipinski definition) is 6. The van der Waals surface area contributed by atoms with Gasteiger partial charge in [-0.1, -0.05) is 24.1 Å². The average molecular weight is 572 g/mol. The van der Waals surface area contributed by atoms with Gasteiger partial charge in [0.25, 0.3) is 0 Å². The first kappa shape index (κ1) is 29.2. The number of fused-ring (bicyclic) bond motifs is 1. The van der Waals surface area contributed by atoms with Crippen molar-refractivity contribution in [3.05, 3.63) is 89.1 Å². The second kappa shape index (κ2) is 12.6. The number of nitrogens with zero attached hydrogens (tertiary/aromatic N) is 2. The number of sulfonamides is 1. The number of aliphatic carboxylic acids is 1. The van der Waals surface area contributed by atoms with Crippen molar-refractivity contribution in [3.63, 3.8) is 0 Å². The van der Waals surface area contributed by atoms with Crippen LogP contribution in [0.25, 0.3) is 10.9 Å². The number of hydrogen-bond donors (Lipinski definition) is 2. The molecule has 9 nitrogen and oxygen atoms in total. The summed E-state index contributed by atoms with van der Waals surface area (Å²) in [6.45, 7) is 4.08. The van der Waals surface area contributed by atoms with Gasteiger partial charge in [-0.2, -0.15) is 9.98 Å². The Morgan fingerprint density at radius 2 is 1.80 bits per heavy atom. The van der Waals surface area contributed by atoms with Gasteiger partial charge in [0, 0.05) is 29.6 Å². The van der Waals surface area contributed by atoms with Gasteiger partial charge in [0.1, 0.15) is 24.1 Å². The predicted molar refractivity (Wildman–Crippen MR) is 154 cm³/mol. The third kappa shape index (κ3) is 6.52. The van der Waals surface area contributed by atoms with Crippen LogP contribution in [0, 0.1) is 30.1 Å². The van der Waals surface area contributed by atoms with Crippen LogP contribution in [-0.4, -0.2) is 43.8 Å². The van der Waals surface area contributed by atoms with Crippen molar-refractivity contribution in [1.29, 1.82) is 5.26 Å². The number of rotatable bonds is 11. The number of carboxylic acid groups (broad SMARTS) is 1. The molecule has 0 bridgehead atoms. The maximum Gasteiger partial charge on any atom is 0.322 e. The summed E-state index contributed by atoms with van der Waals surface area (Å²) in [5.41, 5.74) is 3.56. The minimum atomic E-state index is -4.18. The van der Waals surface area contributed by atoms with E-state index in [9.17, 15) is 23.6 Å². The molecule has 3 aromatic carbocycles. The zero-order valence-electron chi connectivity index (χ0n) is 22.8. The van der Waals surface area contributed by atoms with E-state index in [1.807, 2.05) is 29.7 Å². The second-order valence-electron chi connectivity index (χ2n) is 9.21. The Kier molecular flexibility index (Phi) is 8.98. The molecule has 0 aliphatic carbocycles. The van der Waals surface area contributed by atoms with Crippen LogP contribution in [-0.2, 0) is 27.8 Å². The lowest BCUT2D eigenvalue weighted by molar-refractivity contribution is -0.138. The highest BCUT2D eigenvalue weighted by atomic mass is 32.2. The van der Waals surface area contributed by atoms with Crippen LogP contribution < -0.4 is 14.2 Å². The Balaban J connectivity index is 1.68. The van der Waals surface area contributed by atoms with Gasteiger partial charge in [-0.05, 0) is 73.5 Å². The SMILES string of the molecule is CC#CCOc1ccc(S(=O)(=O)NC(Cc2c(C)n(Cc3ccccc3C#N)c3ccc(OC)cc23)C(=O)O)cc1. The van der Waals surface area contributed by atoms with Crippen LogP contribution in [0.1, 0.15) is 29.3 Å². The Morgan fingerprint density at radius 3 is 2.46 bits per heavy atom. The molecule has 1 atom stereocenters. The lowest BCUT2D eigenvalue weighted by atomic mass is 10.0. The maximum absolute atomic E-state index is 13.2. The first-order valence-electron chi connectivity index (χ1n) is 12.7. The number of nitriles is 1. The number of carbonyl (C=O) groups is 1. The first-order chi connectivity index (χ1) is 19.7. The third-order valence-electron chi connectivity index (χ3n) is 6.75. The normalized spacial score (nSPS) is 11.8. The fourth-order valence-corrected chi connectivity index (χ4v) is 5.79. The molecule has 0 amide bonds. The molecule has 0 radical (unpaired) electrons. The fraction of sp³-hybridized carbons (Fsp3) is 0.226. The lowest BCUT2D eigenvalue weighted by Gasteiger charge is -2.16. The molecule has 2 N–H and O–H groups in total. The van der Waals surface area contributed by atoms with Crippen LogP contribution >= 0.6 is 0 Å². The van der Waals surface area contributed by atoms with Gasteiger partial charge in [0.15, 0.2) is 0 Å². The number of ether oxygens (including phenoxy) is 2. The molecular weight excluding hydrogens is 542 g/mol. The molecule has 1 aromatic heterocycles. The molecule has 0 spiro atoms. The molecule has 210 valence electrons. The molecule has 41 heavy (non-hydrogen) atoms. The molecule has 0 aliphatic heterocycles. The minimum absolute atomic E-state index is 0.0911. The molecule has 0 aliphatic rings. The van der Waals surface area contributed by atoms with E-state index in [0.29, 0.717) is 29.2 Å². The minimum Gasteiger partial charge on any atom is -0.497 e. The average Bonchev–Trinajstić information content (AvgIpc) is 3.22. The lowest BCUT2D eigenvalue weighted by Crippen LogP contribution is -2.42. The van der Waals surface area contributed by atoms with Crippen molar-refractivity contribution in [2.24, 2.45) is 0 Å². The van der Waals surface area contributed by atoms with Gasteiger partial charge >= 0.3 is 5.97 Å². The highest BCUT2D eigenvalue weighted by Crippen LogP contribution is 2.32. The summed E-state index contributed by atoms with van der Waals surface area (Å²) in [6.07, 6.45) is -0.117. The van der Waals surface area contributed by atoms with Crippen LogP contribution in [0.2, 0.25) is 0 Å². The summed E-state index contributed by atoms with van der Waals surface area (Å²) in [5, 5.41) is 20.4. The topological polar surface area (TPSA) is 131 Å². The van der Waals surface area contributed by atoms with E-state index in [1.165, 1.54) is 31.4 Å². The van der Waals surface area contributed by atoms with Crippen molar-refractivity contribution in [2.45, 2.75) is 37.8 Å². The maximum atomic E-state index is 13.2. The second-order valence-corrected chi connectivity index (χ2v) is 10.9. The summed E-state index contributed by atoms with van der Waals surface area (Å²) in [6, 6.07) is 19.2. The van der Waals surface area contributed by atoms with Gasteiger partial charge in [0.05, 0.1) is 23.6 Å². The molecule has 1 unspecified atom stereocenters. The van der Waals surface area contributed by atoms with Crippen LogP contribution in [0.15, 0.2) is 71.6 Å². The Morgan fingerprint density at radius 1 is 1.10 bits per heavy atom. The summed E-state index contributed by atoms with van der Waals surface area (Å²) in [7, 11) is -2.64. The van der Waals surface area contributed by atoms with Crippen molar-refractivity contribution >= 4 is 26.9 Å². The van der Waals surface area contributed by atoms with E-state index < -0.39 is 22.0 Å². The first-order valence-corrected chi connectivity index (χ1v) is 14.2. The highest BCUT2D eigenvalue weighted by molar-refractivity contribution is 7.89. The number of carboxylic acids is 1. The molecule has 0 saturated carbocycles. The number of nitrogens with one attached hydrogen (secondary N) is 1.